The highest BCUT2D eigenvalue weighted by Gasteiger charge is 2.16. The third-order valence-corrected chi connectivity index (χ3v) is 4.47. The molecular weight excluding hydrogens is 350 g/mol. The summed E-state index contributed by atoms with van der Waals surface area (Å²) in [7, 11) is 1.77. The molecule has 146 valence electrons. The predicted octanol–water partition coefficient (Wildman–Crippen LogP) is 3.81. The Morgan fingerprint density at radius 1 is 1.11 bits per heavy atom. The van der Waals surface area contributed by atoms with E-state index in [0.29, 0.717) is 25.3 Å². The number of ether oxygens (including phenoxy) is 1. The van der Waals surface area contributed by atoms with Gasteiger partial charge in [-0.3, -0.25) is 9.69 Å². The minimum atomic E-state index is -0.884. The number of benzene rings is 2. The topological polar surface area (TPSA) is 41.6 Å². The van der Waals surface area contributed by atoms with Gasteiger partial charge in [0, 0.05) is 19.2 Å². The maximum Gasteiger partial charge on any atom is 0.234 e. The first-order valence-electron chi connectivity index (χ1n) is 8.98. The van der Waals surface area contributed by atoms with Crippen molar-refractivity contribution in [1.82, 2.24) is 10.2 Å². The van der Waals surface area contributed by atoms with Crippen LogP contribution < -0.4 is 5.32 Å². The molecule has 0 aliphatic heterocycles. The fourth-order valence-corrected chi connectivity index (χ4v) is 2.62. The van der Waals surface area contributed by atoms with Crippen LogP contribution in [0.1, 0.15) is 36.6 Å². The molecule has 27 heavy (non-hydrogen) atoms. The molecule has 1 unspecified atom stereocenters. The summed E-state index contributed by atoms with van der Waals surface area (Å²) in [5.41, 5.74) is 2.71. The maximum atomic E-state index is 13.4. The Morgan fingerprint density at radius 2 is 1.78 bits per heavy atom. The van der Waals surface area contributed by atoms with Gasteiger partial charge < -0.3 is 10.1 Å². The second kappa shape index (κ2) is 10.1. The van der Waals surface area contributed by atoms with E-state index in [1.54, 1.807) is 11.9 Å². The summed E-state index contributed by atoms with van der Waals surface area (Å²) in [5.74, 6) is -1.89. The number of amides is 1. The van der Waals surface area contributed by atoms with Crippen LogP contribution in [0.15, 0.2) is 42.5 Å². The van der Waals surface area contributed by atoms with E-state index in [1.165, 1.54) is 6.07 Å². The minimum absolute atomic E-state index is 0.134. The first kappa shape index (κ1) is 21.0. The molecule has 2 aromatic rings. The fraction of sp³-hybridized carbons (Fsp3) is 0.381. The monoisotopic (exact) mass is 376 g/mol. The summed E-state index contributed by atoms with van der Waals surface area (Å²) in [5, 5.41) is 2.87. The Morgan fingerprint density at radius 3 is 2.41 bits per heavy atom. The van der Waals surface area contributed by atoms with E-state index in [2.05, 4.69) is 5.32 Å². The van der Waals surface area contributed by atoms with E-state index in [0.717, 1.165) is 23.3 Å². The molecule has 1 atom stereocenters. The van der Waals surface area contributed by atoms with Crippen LogP contribution in [-0.2, 0) is 22.7 Å². The first-order valence-corrected chi connectivity index (χ1v) is 8.98. The number of rotatable bonds is 9. The van der Waals surface area contributed by atoms with Gasteiger partial charge >= 0.3 is 0 Å². The van der Waals surface area contributed by atoms with Gasteiger partial charge in [0.25, 0.3) is 0 Å². The van der Waals surface area contributed by atoms with Crippen LogP contribution in [0.2, 0.25) is 0 Å². The summed E-state index contributed by atoms with van der Waals surface area (Å²) in [6, 6.07) is 11.5. The van der Waals surface area contributed by atoms with E-state index in [-0.39, 0.29) is 18.5 Å². The van der Waals surface area contributed by atoms with Crippen molar-refractivity contribution in [2.45, 2.75) is 33.0 Å². The molecule has 0 radical (unpaired) electrons. The van der Waals surface area contributed by atoms with Crippen LogP contribution in [0.3, 0.4) is 0 Å². The minimum Gasteiger partial charge on any atom is -0.377 e. The number of hydrogen-bond acceptors (Lipinski definition) is 3. The number of carbonyl (C=O) groups excluding carboxylic acids is 1. The van der Waals surface area contributed by atoms with Gasteiger partial charge in [0.15, 0.2) is 11.6 Å². The van der Waals surface area contributed by atoms with Gasteiger partial charge in [-0.25, -0.2) is 8.78 Å². The third kappa shape index (κ3) is 6.41. The van der Waals surface area contributed by atoms with Crippen LogP contribution in [0.25, 0.3) is 0 Å². The van der Waals surface area contributed by atoms with E-state index in [9.17, 15) is 13.6 Å². The molecule has 0 spiro atoms. The fourth-order valence-electron chi connectivity index (χ4n) is 2.62. The number of carbonyl (C=O) groups is 1. The molecule has 0 saturated carbocycles. The smallest absolute Gasteiger partial charge is 0.234 e. The highest BCUT2D eigenvalue weighted by molar-refractivity contribution is 5.78. The predicted molar refractivity (Wildman–Crippen MR) is 101 cm³/mol. The Hall–Kier alpha value is -2.31. The number of hydrogen-bond donors (Lipinski definition) is 1. The molecule has 2 aromatic carbocycles. The molecule has 2 rings (SSSR count). The van der Waals surface area contributed by atoms with Gasteiger partial charge in [-0.1, -0.05) is 30.3 Å². The van der Waals surface area contributed by atoms with Crippen molar-refractivity contribution in [3.8, 4) is 0 Å². The van der Waals surface area contributed by atoms with Crippen molar-refractivity contribution in [2.75, 3.05) is 20.2 Å². The molecule has 0 saturated heterocycles. The SMILES string of the molecule is CCOCc1ccc(CNC(=O)CN(C)C(C)c2ccc(F)c(F)c2)cc1. The summed E-state index contributed by atoms with van der Waals surface area (Å²) in [4.78, 5) is 14.0. The Kier molecular flexibility index (Phi) is 7.88. The molecular formula is C21H26F2N2O2. The van der Waals surface area contributed by atoms with E-state index in [1.807, 2.05) is 38.1 Å². The van der Waals surface area contributed by atoms with Crippen LogP contribution in [0.4, 0.5) is 8.78 Å². The molecule has 6 heteroatoms. The quantitative estimate of drug-likeness (QED) is 0.724. The van der Waals surface area contributed by atoms with Gasteiger partial charge in [0.05, 0.1) is 13.2 Å². The second-order valence-electron chi connectivity index (χ2n) is 6.49. The van der Waals surface area contributed by atoms with Crippen LogP contribution in [-0.4, -0.2) is 31.0 Å². The molecule has 0 aliphatic rings. The van der Waals surface area contributed by atoms with Gasteiger partial charge in [0.1, 0.15) is 0 Å². The Labute approximate surface area is 159 Å². The second-order valence-corrected chi connectivity index (χ2v) is 6.49. The zero-order chi connectivity index (χ0) is 19.8. The molecule has 0 heterocycles. The summed E-state index contributed by atoms with van der Waals surface area (Å²) < 4.78 is 31.8. The third-order valence-electron chi connectivity index (χ3n) is 4.47. The lowest BCUT2D eigenvalue weighted by Gasteiger charge is -2.24. The Bertz CT molecular complexity index is 750. The maximum absolute atomic E-state index is 13.4. The molecule has 0 fully saturated rings. The summed E-state index contributed by atoms with van der Waals surface area (Å²) in [6.45, 7) is 5.64. The highest BCUT2D eigenvalue weighted by atomic mass is 19.2. The first-order chi connectivity index (χ1) is 12.9. The van der Waals surface area contributed by atoms with E-state index >= 15 is 0 Å². The lowest BCUT2D eigenvalue weighted by Crippen LogP contribution is -2.36. The zero-order valence-corrected chi connectivity index (χ0v) is 16.0. The van der Waals surface area contributed by atoms with Crippen molar-refractivity contribution in [1.29, 1.82) is 0 Å². The number of nitrogens with zero attached hydrogens (tertiary/aromatic N) is 1. The molecule has 0 bridgehead atoms. The van der Waals surface area contributed by atoms with Gasteiger partial charge in [-0.15, -0.1) is 0 Å². The van der Waals surface area contributed by atoms with E-state index in [4.69, 9.17) is 4.74 Å². The zero-order valence-electron chi connectivity index (χ0n) is 16.0. The molecule has 1 N–H and O–H groups in total. The van der Waals surface area contributed by atoms with Gasteiger partial charge in [-0.05, 0) is 49.7 Å². The lowest BCUT2D eigenvalue weighted by molar-refractivity contribution is -0.122. The normalized spacial score (nSPS) is 12.2. The van der Waals surface area contributed by atoms with E-state index < -0.39 is 11.6 Å². The summed E-state index contributed by atoms with van der Waals surface area (Å²) >= 11 is 0. The van der Waals surface area contributed by atoms with Crippen molar-refractivity contribution in [3.05, 3.63) is 70.8 Å². The Balaban J connectivity index is 1.82. The van der Waals surface area contributed by atoms with Crippen LogP contribution >= 0.6 is 0 Å². The van der Waals surface area contributed by atoms with Crippen LogP contribution in [0.5, 0.6) is 0 Å². The molecule has 1 amide bonds. The lowest BCUT2D eigenvalue weighted by atomic mass is 10.1. The van der Waals surface area contributed by atoms with Crippen molar-refractivity contribution < 1.29 is 18.3 Å². The average molecular weight is 376 g/mol. The van der Waals surface area contributed by atoms with Crippen molar-refractivity contribution in [2.24, 2.45) is 0 Å². The summed E-state index contributed by atoms with van der Waals surface area (Å²) in [6.07, 6.45) is 0. The molecule has 0 aliphatic carbocycles. The number of likely N-dealkylation sites (N-methyl/N-ethyl adjacent to an activating group) is 1. The standard InChI is InChI=1S/C21H26F2N2O2/c1-4-27-14-17-7-5-16(6-8-17)12-24-21(26)13-25(3)15(2)18-9-10-19(22)20(23)11-18/h5-11,15H,4,12-14H2,1-3H3,(H,24,26). The van der Waals surface area contributed by atoms with Gasteiger partial charge in [0.2, 0.25) is 5.91 Å². The average Bonchev–Trinajstić information content (AvgIpc) is 2.67. The van der Waals surface area contributed by atoms with Gasteiger partial charge in [-0.2, -0.15) is 0 Å². The number of halogens is 2. The molecule has 4 nitrogen and oxygen atoms in total. The highest BCUT2D eigenvalue weighted by Crippen LogP contribution is 2.20. The van der Waals surface area contributed by atoms with Crippen LogP contribution in [0, 0.1) is 11.6 Å². The largest absolute Gasteiger partial charge is 0.377 e. The number of nitrogens with one attached hydrogen (secondary N) is 1. The van der Waals surface area contributed by atoms with Crippen molar-refractivity contribution in [3.63, 3.8) is 0 Å². The van der Waals surface area contributed by atoms with Crippen molar-refractivity contribution >= 4 is 5.91 Å². The molecule has 0 aromatic heterocycles.